The van der Waals surface area contributed by atoms with Crippen LogP contribution in [0.5, 0.6) is 0 Å². The van der Waals surface area contributed by atoms with E-state index < -0.39 is 0 Å². The predicted octanol–water partition coefficient (Wildman–Crippen LogP) is 1.07. The molecule has 3 aromatic rings. The van der Waals surface area contributed by atoms with E-state index in [-0.39, 0.29) is 17.9 Å². The minimum Gasteiger partial charge on any atom is -0.324 e. The van der Waals surface area contributed by atoms with Crippen molar-refractivity contribution < 1.29 is 4.39 Å². The third kappa shape index (κ3) is 1.63. The Balaban J connectivity index is 2.45. The number of aromatic amines is 1. The highest BCUT2D eigenvalue weighted by Crippen LogP contribution is 2.17. The first-order valence-electron chi connectivity index (χ1n) is 5.36. The number of aromatic nitrogens is 3. The maximum Gasteiger partial charge on any atom is 0.260 e. The number of benzene rings is 1. The standard InChI is InChI=1S/C12H9FN4O/c13-7-1-2-9-6(3-7)4-8-11(15-9)16-10(5-14)17-12(8)18/h1-4H,5,14H2,(H,15,16,17,18). The molecule has 90 valence electrons. The van der Waals surface area contributed by atoms with Crippen LogP contribution in [-0.4, -0.2) is 15.0 Å². The number of halogens is 1. The number of nitrogens with zero attached hydrogens (tertiary/aromatic N) is 2. The predicted molar refractivity (Wildman–Crippen MR) is 65.5 cm³/mol. The van der Waals surface area contributed by atoms with Gasteiger partial charge in [0.1, 0.15) is 11.6 Å². The van der Waals surface area contributed by atoms with Crippen molar-refractivity contribution in [1.82, 2.24) is 15.0 Å². The number of nitrogens with two attached hydrogens (primary N) is 1. The molecule has 0 aliphatic heterocycles. The quantitative estimate of drug-likeness (QED) is 0.627. The molecule has 0 bridgehead atoms. The number of fused-ring (bicyclic) bond motifs is 2. The summed E-state index contributed by atoms with van der Waals surface area (Å²) in [5.74, 6) is 0.00748. The van der Waals surface area contributed by atoms with Crippen molar-refractivity contribution in [2.45, 2.75) is 6.54 Å². The molecule has 0 unspecified atom stereocenters. The van der Waals surface area contributed by atoms with Crippen LogP contribution in [-0.2, 0) is 6.54 Å². The molecule has 0 saturated heterocycles. The summed E-state index contributed by atoms with van der Waals surface area (Å²) in [6.07, 6.45) is 0. The van der Waals surface area contributed by atoms with E-state index in [1.54, 1.807) is 12.1 Å². The van der Waals surface area contributed by atoms with Crippen molar-refractivity contribution in [3.8, 4) is 0 Å². The van der Waals surface area contributed by atoms with Gasteiger partial charge < -0.3 is 10.7 Å². The van der Waals surface area contributed by atoms with Gasteiger partial charge in [0.25, 0.3) is 5.56 Å². The Morgan fingerprint density at radius 3 is 2.89 bits per heavy atom. The molecular weight excluding hydrogens is 235 g/mol. The Kier molecular flexibility index (Phi) is 2.31. The maximum absolute atomic E-state index is 13.1. The van der Waals surface area contributed by atoms with Crippen molar-refractivity contribution in [3.05, 3.63) is 46.3 Å². The molecule has 0 radical (unpaired) electrons. The molecule has 0 fully saturated rings. The second-order valence-electron chi connectivity index (χ2n) is 3.91. The van der Waals surface area contributed by atoms with E-state index in [1.807, 2.05) is 0 Å². The SMILES string of the molecule is NCc1nc2nc3ccc(F)cc3cc2c(=O)[nH]1. The summed E-state index contributed by atoms with van der Waals surface area (Å²) in [4.78, 5) is 22.7. The molecule has 1 aromatic carbocycles. The first-order valence-corrected chi connectivity index (χ1v) is 5.36. The van der Waals surface area contributed by atoms with Gasteiger partial charge >= 0.3 is 0 Å². The van der Waals surface area contributed by atoms with Crippen LogP contribution in [0.2, 0.25) is 0 Å². The topological polar surface area (TPSA) is 84.7 Å². The lowest BCUT2D eigenvalue weighted by molar-refractivity contribution is 0.629. The highest BCUT2D eigenvalue weighted by Gasteiger charge is 2.07. The minimum atomic E-state index is -0.369. The maximum atomic E-state index is 13.1. The van der Waals surface area contributed by atoms with Gasteiger partial charge in [0.15, 0.2) is 5.65 Å². The molecule has 0 spiro atoms. The van der Waals surface area contributed by atoms with Gasteiger partial charge in [0.05, 0.1) is 17.4 Å². The van der Waals surface area contributed by atoms with Crippen molar-refractivity contribution in [2.75, 3.05) is 0 Å². The molecule has 0 amide bonds. The van der Waals surface area contributed by atoms with Gasteiger partial charge in [0.2, 0.25) is 0 Å². The lowest BCUT2D eigenvalue weighted by Gasteiger charge is -2.02. The fourth-order valence-electron chi connectivity index (χ4n) is 1.84. The molecule has 0 aliphatic carbocycles. The molecule has 18 heavy (non-hydrogen) atoms. The number of pyridine rings is 1. The van der Waals surface area contributed by atoms with Crippen LogP contribution >= 0.6 is 0 Å². The van der Waals surface area contributed by atoms with E-state index in [1.165, 1.54) is 12.1 Å². The summed E-state index contributed by atoms with van der Waals surface area (Å²) in [5, 5.41) is 0.889. The van der Waals surface area contributed by atoms with Gasteiger partial charge in [-0.25, -0.2) is 14.4 Å². The van der Waals surface area contributed by atoms with Crippen LogP contribution in [0.1, 0.15) is 5.82 Å². The van der Waals surface area contributed by atoms with Crippen LogP contribution in [0.15, 0.2) is 29.1 Å². The summed E-state index contributed by atoms with van der Waals surface area (Å²) >= 11 is 0. The summed E-state index contributed by atoms with van der Waals surface area (Å²) in [6, 6.07) is 5.78. The van der Waals surface area contributed by atoms with Gasteiger partial charge in [-0.3, -0.25) is 4.79 Å². The lowest BCUT2D eigenvalue weighted by atomic mass is 10.2. The number of hydrogen-bond acceptors (Lipinski definition) is 4. The largest absolute Gasteiger partial charge is 0.324 e. The first-order chi connectivity index (χ1) is 8.67. The number of rotatable bonds is 1. The van der Waals surface area contributed by atoms with E-state index in [9.17, 15) is 9.18 Å². The molecule has 6 heteroatoms. The summed E-state index contributed by atoms with van der Waals surface area (Å²) in [7, 11) is 0. The van der Waals surface area contributed by atoms with Gasteiger partial charge in [-0.1, -0.05) is 0 Å². The second-order valence-corrected chi connectivity index (χ2v) is 3.91. The molecule has 5 nitrogen and oxygen atoms in total. The average molecular weight is 244 g/mol. The van der Waals surface area contributed by atoms with Gasteiger partial charge in [0, 0.05) is 5.39 Å². The fourth-order valence-corrected chi connectivity index (χ4v) is 1.84. The zero-order valence-corrected chi connectivity index (χ0v) is 9.27. The molecule has 0 atom stereocenters. The highest BCUT2D eigenvalue weighted by molar-refractivity contribution is 5.90. The normalized spacial score (nSPS) is 11.2. The number of hydrogen-bond donors (Lipinski definition) is 2. The molecule has 3 rings (SSSR count). The van der Waals surface area contributed by atoms with Crippen LogP contribution in [0, 0.1) is 5.82 Å². The third-order valence-electron chi connectivity index (χ3n) is 2.69. The lowest BCUT2D eigenvalue weighted by Crippen LogP contribution is -2.15. The Hall–Kier alpha value is -2.34. The smallest absolute Gasteiger partial charge is 0.260 e. The van der Waals surface area contributed by atoms with Gasteiger partial charge in [-0.05, 0) is 24.3 Å². The van der Waals surface area contributed by atoms with Crippen LogP contribution in [0.3, 0.4) is 0 Å². The summed E-state index contributed by atoms with van der Waals surface area (Å²) in [6.45, 7) is 0.133. The summed E-state index contributed by atoms with van der Waals surface area (Å²) in [5.41, 5.74) is 6.02. The fraction of sp³-hybridized carbons (Fsp3) is 0.0833. The van der Waals surface area contributed by atoms with Crippen molar-refractivity contribution in [2.24, 2.45) is 5.73 Å². The highest BCUT2D eigenvalue weighted by atomic mass is 19.1. The van der Waals surface area contributed by atoms with E-state index in [0.29, 0.717) is 27.8 Å². The third-order valence-corrected chi connectivity index (χ3v) is 2.69. The van der Waals surface area contributed by atoms with Gasteiger partial charge in [-0.15, -0.1) is 0 Å². The van der Waals surface area contributed by atoms with Crippen LogP contribution < -0.4 is 11.3 Å². The molecule has 0 saturated carbocycles. The molecule has 3 N–H and O–H groups in total. The van der Waals surface area contributed by atoms with Crippen LogP contribution in [0.4, 0.5) is 4.39 Å². The zero-order valence-electron chi connectivity index (χ0n) is 9.27. The summed E-state index contributed by atoms with van der Waals surface area (Å²) < 4.78 is 13.1. The molecular formula is C12H9FN4O. The zero-order chi connectivity index (χ0) is 12.7. The Morgan fingerprint density at radius 1 is 1.28 bits per heavy atom. The van der Waals surface area contributed by atoms with E-state index in [4.69, 9.17) is 5.73 Å². The van der Waals surface area contributed by atoms with Gasteiger partial charge in [-0.2, -0.15) is 0 Å². The van der Waals surface area contributed by atoms with Crippen molar-refractivity contribution in [1.29, 1.82) is 0 Å². The Morgan fingerprint density at radius 2 is 2.11 bits per heavy atom. The molecule has 0 aliphatic rings. The second kappa shape index (κ2) is 3.85. The molecule has 2 aromatic heterocycles. The number of nitrogens with one attached hydrogen (secondary N) is 1. The molecule has 2 heterocycles. The number of H-pyrrole nitrogens is 1. The van der Waals surface area contributed by atoms with Crippen molar-refractivity contribution >= 4 is 21.9 Å². The van der Waals surface area contributed by atoms with Crippen LogP contribution in [0.25, 0.3) is 21.9 Å². The first kappa shape index (κ1) is 10.8. The van der Waals surface area contributed by atoms with Crippen molar-refractivity contribution in [3.63, 3.8) is 0 Å². The monoisotopic (exact) mass is 244 g/mol. The Labute approximate surface area is 100 Å². The van der Waals surface area contributed by atoms with E-state index in [0.717, 1.165) is 0 Å². The minimum absolute atomic E-state index is 0.133. The Bertz CT molecular complexity index is 812. The van der Waals surface area contributed by atoms with E-state index in [2.05, 4.69) is 15.0 Å². The van der Waals surface area contributed by atoms with E-state index >= 15 is 0 Å². The average Bonchev–Trinajstić information content (AvgIpc) is 2.37.